The first-order chi connectivity index (χ1) is 29.0. The van der Waals surface area contributed by atoms with Crippen LogP contribution in [0.1, 0.15) is 75.3 Å². The van der Waals surface area contributed by atoms with Crippen molar-refractivity contribution in [1.82, 2.24) is 29.4 Å². The van der Waals surface area contributed by atoms with Gasteiger partial charge in [0, 0.05) is 38.3 Å². The molecular weight excluding hydrogens is 850 g/mol. The molecule has 0 unspecified atom stereocenters. The number of ether oxygens (including phenoxy) is 2. The van der Waals surface area contributed by atoms with E-state index >= 15 is 0 Å². The van der Waals surface area contributed by atoms with Crippen LogP contribution >= 0.6 is 46.4 Å². The molecule has 6 atom stereocenters. The summed E-state index contributed by atoms with van der Waals surface area (Å²) in [5, 5.41) is 1.90. The van der Waals surface area contributed by atoms with E-state index in [1.165, 1.54) is 39.9 Å². The highest BCUT2D eigenvalue weighted by Crippen LogP contribution is 2.37. The van der Waals surface area contributed by atoms with E-state index in [0.717, 1.165) is 75.8 Å². The number of carbonyl (C=O) groups excluding carboxylic acids is 4. The van der Waals surface area contributed by atoms with Crippen LogP contribution < -0.4 is 0 Å². The molecule has 0 bridgehead atoms. The van der Waals surface area contributed by atoms with Gasteiger partial charge in [-0.2, -0.15) is 0 Å². The molecular formula is C44H58Cl4N6O6. The molecule has 8 rings (SSSR count). The number of likely N-dealkylation sites (tertiary alicyclic amines) is 2. The maximum Gasteiger partial charge on any atom is 0.409 e. The fourth-order valence-electron chi connectivity index (χ4n) is 10.9. The van der Waals surface area contributed by atoms with E-state index in [2.05, 4.69) is 9.80 Å². The van der Waals surface area contributed by atoms with Gasteiger partial charge in [0.1, 0.15) is 0 Å². The molecule has 12 nitrogen and oxygen atoms in total. The first kappa shape index (κ1) is 45.0. The zero-order valence-electron chi connectivity index (χ0n) is 34.7. The molecule has 60 heavy (non-hydrogen) atoms. The third-order valence-electron chi connectivity index (χ3n) is 13.6. The highest BCUT2D eigenvalue weighted by molar-refractivity contribution is 6.42. The zero-order valence-corrected chi connectivity index (χ0v) is 37.7. The molecule has 16 heteroatoms. The Morgan fingerprint density at radius 2 is 0.833 bits per heavy atom. The summed E-state index contributed by atoms with van der Waals surface area (Å²) in [5.74, 6) is 0.165. The number of fused-ring (bicyclic) bond motifs is 2. The minimum atomic E-state index is -0.288. The molecule has 2 aliphatic carbocycles. The summed E-state index contributed by atoms with van der Waals surface area (Å²) in [4.78, 5) is 64.5. The quantitative estimate of drug-likeness (QED) is 0.291. The van der Waals surface area contributed by atoms with Crippen molar-refractivity contribution in [2.45, 2.75) is 113 Å². The van der Waals surface area contributed by atoms with Gasteiger partial charge in [0.15, 0.2) is 0 Å². The Morgan fingerprint density at radius 1 is 0.483 bits per heavy atom. The molecule has 2 saturated carbocycles. The molecule has 4 aliphatic heterocycles. The lowest BCUT2D eigenvalue weighted by Crippen LogP contribution is -2.69. The second kappa shape index (κ2) is 20.5. The van der Waals surface area contributed by atoms with Gasteiger partial charge in [0.2, 0.25) is 11.8 Å². The lowest BCUT2D eigenvalue weighted by molar-refractivity contribution is -0.142. The molecule has 2 aromatic carbocycles. The fourth-order valence-corrected chi connectivity index (χ4v) is 11.5. The first-order valence-electron chi connectivity index (χ1n) is 21.6. The lowest BCUT2D eigenvalue weighted by Gasteiger charge is -2.54. The van der Waals surface area contributed by atoms with Gasteiger partial charge >= 0.3 is 12.2 Å². The van der Waals surface area contributed by atoms with Crippen molar-refractivity contribution in [2.24, 2.45) is 0 Å². The Hall–Kier alpha value is -3.00. The monoisotopic (exact) mass is 906 g/mol. The molecule has 0 radical (unpaired) electrons. The Bertz CT molecular complexity index is 1730. The molecule has 328 valence electrons. The number of benzene rings is 2. The van der Waals surface area contributed by atoms with Crippen molar-refractivity contribution in [1.29, 1.82) is 0 Å². The van der Waals surface area contributed by atoms with Crippen LogP contribution in [0.4, 0.5) is 9.59 Å². The summed E-state index contributed by atoms with van der Waals surface area (Å²) in [6, 6.07) is 11.3. The Morgan fingerprint density at radius 3 is 1.18 bits per heavy atom. The lowest BCUT2D eigenvalue weighted by atomic mass is 9.81. The number of rotatable bonds is 6. The highest BCUT2D eigenvalue weighted by atomic mass is 35.5. The van der Waals surface area contributed by atoms with Crippen molar-refractivity contribution < 1.29 is 28.7 Å². The number of hydrogen-bond acceptors (Lipinski definition) is 8. The number of hydrogen-bond donors (Lipinski definition) is 0. The standard InChI is InChI=1S/2C22H29Cl2N3O3/c2*1-30-22(29)26-11-12-27(20(28)14-15-7-8-16(23)17(24)13-15)21-18(5-4-6-19(21)26)25-9-2-3-10-25/h2*7-8,13,18-19,21H,2-6,9-12,14H2,1H3/t2*18-,19+,21+/m10/s1. The van der Waals surface area contributed by atoms with Gasteiger partial charge < -0.3 is 29.1 Å². The number of piperazine rings is 2. The number of amides is 4. The van der Waals surface area contributed by atoms with Gasteiger partial charge in [-0.3, -0.25) is 19.4 Å². The van der Waals surface area contributed by atoms with E-state index in [-0.39, 0.29) is 73.1 Å². The van der Waals surface area contributed by atoms with Crippen molar-refractivity contribution in [2.75, 3.05) is 66.6 Å². The zero-order chi connectivity index (χ0) is 42.5. The summed E-state index contributed by atoms with van der Waals surface area (Å²) < 4.78 is 10.1. The van der Waals surface area contributed by atoms with Gasteiger partial charge in [-0.05, 0) is 126 Å². The van der Waals surface area contributed by atoms with Crippen LogP contribution in [0.2, 0.25) is 20.1 Å². The molecule has 6 aliphatic rings. The first-order valence-corrected chi connectivity index (χ1v) is 23.1. The molecule has 2 aromatic rings. The summed E-state index contributed by atoms with van der Waals surface area (Å²) >= 11 is 24.4. The SMILES string of the molecule is COC(=O)N1CCN(C(=O)Cc2ccc(Cl)c(Cl)c2)[C@H]2[C@H](N3CCCC3)CCC[C@@H]21.COC(=O)N1CCN(C(=O)Cc2ccc(Cl)c(Cl)c2)[C@H]2[C@H]1CCC[C@@H]2N1CCCC1. The van der Waals surface area contributed by atoms with Gasteiger partial charge in [-0.25, -0.2) is 9.59 Å². The van der Waals surface area contributed by atoms with E-state index in [9.17, 15) is 19.2 Å². The molecule has 4 saturated heterocycles. The molecule has 4 heterocycles. The van der Waals surface area contributed by atoms with Gasteiger partial charge in [0.25, 0.3) is 0 Å². The van der Waals surface area contributed by atoms with Gasteiger partial charge in [0.05, 0.1) is 71.3 Å². The average molecular weight is 909 g/mol. The second-order valence-corrected chi connectivity index (χ2v) is 18.6. The molecule has 0 N–H and O–H groups in total. The maximum absolute atomic E-state index is 13.4. The van der Waals surface area contributed by atoms with Crippen LogP contribution in [-0.2, 0) is 31.9 Å². The Kier molecular flexibility index (Phi) is 15.4. The van der Waals surface area contributed by atoms with E-state index in [1.54, 1.807) is 24.3 Å². The predicted octanol–water partition coefficient (Wildman–Crippen LogP) is 7.66. The minimum Gasteiger partial charge on any atom is -0.453 e. The topological polar surface area (TPSA) is 106 Å². The highest BCUT2D eigenvalue weighted by Gasteiger charge is 2.50. The third kappa shape index (κ3) is 9.94. The van der Waals surface area contributed by atoms with E-state index < -0.39 is 0 Å². The van der Waals surface area contributed by atoms with E-state index in [0.29, 0.717) is 46.3 Å². The van der Waals surface area contributed by atoms with Crippen LogP contribution in [0.25, 0.3) is 0 Å². The molecule has 4 amide bonds. The van der Waals surface area contributed by atoms with Crippen molar-refractivity contribution in [3.05, 3.63) is 67.6 Å². The maximum atomic E-state index is 13.4. The fraction of sp³-hybridized carbons (Fsp3) is 0.636. The summed E-state index contributed by atoms with van der Waals surface area (Å²) in [5.41, 5.74) is 1.71. The minimum absolute atomic E-state index is 0.0000258. The van der Waals surface area contributed by atoms with Crippen molar-refractivity contribution >= 4 is 70.4 Å². The van der Waals surface area contributed by atoms with Crippen molar-refractivity contribution in [3.63, 3.8) is 0 Å². The number of nitrogens with zero attached hydrogens (tertiary/aromatic N) is 6. The Balaban J connectivity index is 0.000000181. The van der Waals surface area contributed by atoms with Crippen LogP contribution in [-0.4, -0.2) is 156 Å². The summed E-state index contributed by atoms with van der Waals surface area (Å²) in [6.07, 6.45) is 10.8. The third-order valence-corrected chi connectivity index (χ3v) is 15.1. The predicted molar refractivity (Wildman–Crippen MR) is 234 cm³/mol. The second-order valence-electron chi connectivity index (χ2n) is 17.0. The van der Waals surface area contributed by atoms with Crippen LogP contribution in [0.15, 0.2) is 36.4 Å². The normalized spacial score (nSPS) is 27.1. The molecule has 0 spiro atoms. The summed E-state index contributed by atoms with van der Waals surface area (Å²) in [7, 11) is 2.86. The smallest absolute Gasteiger partial charge is 0.409 e. The number of methoxy groups -OCH3 is 2. The van der Waals surface area contributed by atoms with Crippen LogP contribution in [0.5, 0.6) is 0 Å². The Labute approximate surface area is 374 Å². The van der Waals surface area contributed by atoms with Gasteiger partial charge in [-0.1, -0.05) is 58.5 Å². The van der Waals surface area contributed by atoms with E-state index in [4.69, 9.17) is 55.9 Å². The number of halogens is 4. The van der Waals surface area contributed by atoms with Crippen LogP contribution in [0.3, 0.4) is 0 Å². The average Bonchev–Trinajstić information content (AvgIpc) is 4.01. The molecule has 0 aromatic heterocycles. The van der Waals surface area contributed by atoms with Crippen LogP contribution in [0, 0.1) is 0 Å². The summed E-state index contributed by atoms with van der Waals surface area (Å²) in [6.45, 7) is 6.35. The largest absolute Gasteiger partial charge is 0.453 e. The van der Waals surface area contributed by atoms with Crippen molar-refractivity contribution in [3.8, 4) is 0 Å². The molecule has 6 fully saturated rings. The van der Waals surface area contributed by atoms with Gasteiger partial charge in [-0.15, -0.1) is 0 Å². The van der Waals surface area contributed by atoms with E-state index in [1.807, 2.05) is 31.7 Å². The number of carbonyl (C=O) groups is 4.